The fourth-order valence-corrected chi connectivity index (χ4v) is 2.04. The fourth-order valence-electron chi connectivity index (χ4n) is 1.55. The molecule has 0 atom stereocenters. The summed E-state index contributed by atoms with van der Waals surface area (Å²) < 4.78 is 14.4. The topological polar surface area (TPSA) is 58.4 Å². The Morgan fingerprint density at radius 2 is 2.22 bits per heavy atom. The van der Waals surface area contributed by atoms with Crippen molar-refractivity contribution in [1.82, 2.24) is 5.32 Å². The first-order chi connectivity index (χ1) is 8.51. The molecule has 0 aromatic heterocycles. The second-order valence-corrected chi connectivity index (χ2v) is 4.71. The van der Waals surface area contributed by atoms with E-state index in [4.69, 9.17) is 5.73 Å². The molecule has 1 aromatic carbocycles. The molecule has 0 spiro atoms. The van der Waals surface area contributed by atoms with Gasteiger partial charge in [0.25, 0.3) is 0 Å². The lowest BCUT2D eigenvalue weighted by atomic mass is 10.2. The van der Waals surface area contributed by atoms with Gasteiger partial charge in [-0.3, -0.25) is 4.79 Å². The smallest absolute Gasteiger partial charge is 0.221 e. The van der Waals surface area contributed by atoms with Gasteiger partial charge in [0.05, 0.1) is 10.2 Å². The van der Waals surface area contributed by atoms with E-state index in [0.29, 0.717) is 23.1 Å². The van der Waals surface area contributed by atoms with Crippen molar-refractivity contribution in [2.75, 3.05) is 25.5 Å². The number of halogens is 2. The van der Waals surface area contributed by atoms with E-state index < -0.39 is 0 Å². The number of carbonyl (C=O) groups excluding carboxylic acids is 1. The van der Waals surface area contributed by atoms with Gasteiger partial charge in [-0.15, -0.1) is 0 Å². The first kappa shape index (κ1) is 14.9. The van der Waals surface area contributed by atoms with E-state index in [2.05, 4.69) is 21.2 Å². The molecule has 0 aliphatic rings. The molecule has 1 rings (SSSR count). The monoisotopic (exact) mass is 317 g/mol. The summed E-state index contributed by atoms with van der Waals surface area (Å²) in [5, 5.41) is 2.53. The third-order valence-electron chi connectivity index (χ3n) is 2.73. The molecule has 0 heterocycles. The lowest BCUT2D eigenvalue weighted by Gasteiger charge is -2.20. The van der Waals surface area contributed by atoms with Crippen LogP contribution in [-0.2, 0) is 11.3 Å². The average molecular weight is 318 g/mol. The van der Waals surface area contributed by atoms with Crippen LogP contribution in [-0.4, -0.2) is 26.5 Å². The third kappa shape index (κ3) is 3.43. The standard InChI is InChI=1S/C12H17BrFN3O/c1-16-10(18)5-6-17(2)9-4-3-8(7-15)11(13)12(9)14/h3-4H,5-7,15H2,1-2H3,(H,16,18). The number of rotatable bonds is 5. The molecule has 0 unspecified atom stereocenters. The summed E-state index contributed by atoms with van der Waals surface area (Å²) >= 11 is 3.19. The maximum atomic E-state index is 14.1. The quantitative estimate of drug-likeness (QED) is 0.867. The molecular formula is C12H17BrFN3O. The van der Waals surface area contributed by atoms with Crippen LogP contribution in [0.3, 0.4) is 0 Å². The minimum Gasteiger partial charge on any atom is -0.372 e. The van der Waals surface area contributed by atoms with Crippen LogP contribution in [0.4, 0.5) is 10.1 Å². The van der Waals surface area contributed by atoms with E-state index in [1.165, 1.54) is 0 Å². The van der Waals surface area contributed by atoms with E-state index >= 15 is 0 Å². The van der Waals surface area contributed by atoms with Crippen LogP contribution in [0.5, 0.6) is 0 Å². The maximum Gasteiger partial charge on any atom is 0.221 e. The van der Waals surface area contributed by atoms with Gasteiger partial charge >= 0.3 is 0 Å². The van der Waals surface area contributed by atoms with Gasteiger partial charge in [-0.25, -0.2) is 4.39 Å². The summed E-state index contributed by atoms with van der Waals surface area (Å²) in [6, 6.07) is 3.45. The van der Waals surface area contributed by atoms with Crippen molar-refractivity contribution in [3.63, 3.8) is 0 Å². The second kappa shape index (κ2) is 6.70. The van der Waals surface area contributed by atoms with E-state index in [0.717, 1.165) is 5.56 Å². The molecule has 1 aromatic rings. The highest BCUT2D eigenvalue weighted by atomic mass is 79.9. The fraction of sp³-hybridized carbons (Fsp3) is 0.417. The number of anilines is 1. The van der Waals surface area contributed by atoms with Crippen molar-refractivity contribution < 1.29 is 9.18 Å². The van der Waals surface area contributed by atoms with Gasteiger partial charge in [-0.05, 0) is 27.6 Å². The predicted molar refractivity (Wildman–Crippen MR) is 73.9 cm³/mol. The maximum absolute atomic E-state index is 14.1. The van der Waals surface area contributed by atoms with Gasteiger partial charge in [0.15, 0.2) is 5.82 Å². The molecule has 4 nitrogen and oxygen atoms in total. The van der Waals surface area contributed by atoms with Crippen molar-refractivity contribution in [1.29, 1.82) is 0 Å². The summed E-state index contributed by atoms with van der Waals surface area (Å²) in [4.78, 5) is 12.8. The normalized spacial score (nSPS) is 10.3. The Kier molecular flexibility index (Phi) is 5.55. The number of hydrogen-bond acceptors (Lipinski definition) is 3. The molecule has 0 aliphatic heterocycles. The van der Waals surface area contributed by atoms with Crippen LogP contribution >= 0.6 is 15.9 Å². The summed E-state index contributed by atoms with van der Waals surface area (Å²) in [7, 11) is 3.32. The van der Waals surface area contributed by atoms with Crippen LogP contribution in [0.2, 0.25) is 0 Å². The van der Waals surface area contributed by atoms with Crippen LogP contribution in [0, 0.1) is 5.82 Å². The zero-order chi connectivity index (χ0) is 13.7. The van der Waals surface area contributed by atoms with Crippen molar-refractivity contribution in [2.24, 2.45) is 5.73 Å². The van der Waals surface area contributed by atoms with E-state index in [1.54, 1.807) is 31.1 Å². The lowest BCUT2D eigenvalue weighted by Crippen LogP contribution is -2.27. The minimum atomic E-state index is -0.350. The van der Waals surface area contributed by atoms with Crippen molar-refractivity contribution in [2.45, 2.75) is 13.0 Å². The molecule has 0 bridgehead atoms. The van der Waals surface area contributed by atoms with Crippen molar-refractivity contribution in [3.05, 3.63) is 28.0 Å². The molecule has 0 fully saturated rings. The highest BCUT2D eigenvalue weighted by Crippen LogP contribution is 2.28. The van der Waals surface area contributed by atoms with Gasteiger partial charge < -0.3 is 16.0 Å². The molecule has 0 aliphatic carbocycles. The molecule has 0 saturated heterocycles. The number of benzene rings is 1. The van der Waals surface area contributed by atoms with Crippen LogP contribution in [0.25, 0.3) is 0 Å². The first-order valence-corrected chi connectivity index (χ1v) is 6.39. The van der Waals surface area contributed by atoms with Gasteiger partial charge in [0.2, 0.25) is 5.91 Å². The molecular weight excluding hydrogens is 301 g/mol. The molecule has 100 valence electrons. The summed E-state index contributed by atoms with van der Waals surface area (Å²) in [5.41, 5.74) is 6.66. The lowest BCUT2D eigenvalue weighted by molar-refractivity contribution is -0.120. The Labute approximate surface area is 114 Å². The number of hydrogen-bond donors (Lipinski definition) is 2. The van der Waals surface area contributed by atoms with E-state index in [-0.39, 0.29) is 18.3 Å². The predicted octanol–water partition coefficient (Wildman–Crippen LogP) is 1.62. The van der Waals surface area contributed by atoms with Gasteiger partial charge in [0.1, 0.15) is 0 Å². The molecule has 18 heavy (non-hydrogen) atoms. The summed E-state index contributed by atoms with van der Waals surface area (Å²) in [6.07, 6.45) is 0.322. The molecule has 3 N–H and O–H groups in total. The van der Waals surface area contributed by atoms with Gasteiger partial charge in [-0.1, -0.05) is 6.07 Å². The number of nitrogens with one attached hydrogen (secondary N) is 1. The van der Waals surface area contributed by atoms with Crippen molar-refractivity contribution in [3.8, 4) is 0 Å². The zero-order valence-electron chi connectivity index (χ0n) is 10.5. The van der Waals surface area contributed by atoms with Gasteiger partial charge in [0, 0.05) is 33.6 Å². The molecule has 6 heteroatoms. The second-order valence-electron chi connectivity index (χ2n) is 3.92. The Hall–Kier alpha value is -1.14. The number of nitrogens with two attached hydrogens (primary N) is 1. The third-order valence-corrected chi connectivity index (χ3v) is 3.58. The highest BCUT2D eigenvalue weighted by Gasteiger charge is 2.14. The number of nitrogens with zero attached hydrogens (tertiary/aromatic N) is 1. The first-order valence-electron chi connectivity index (χ1n) is 5.60. The highest BCUT2D eigenvalue weighted by molar-refractivity contribution is 9.10. The van der Waals surface area contributed by atoms with E-state index in [9.17, 15) is 9.18 Å². The van der Waals surface area contributed by atoms with Crippen LogP contribution in [0.1, 0.15) is 12.0 Å². The summed E-state index contributed by atoms with van der Waals surface area (Å²) in [6.45, 7) is 0.727. The molecule has 0 radical (unpaired) electrons. The minimum absolute atomic E-state index is 0.0695. The summed E-state index contributed by atoms with van der Waals surface area (Å²) in [5.74, 6) is -0.419. The largest absolute Gasteiger partial charge is 0.372 e. The Bertz CT molecular complexity index is 440. The number of amides is 1. The Morgan fingerprint density at radius 3 is 2.78 bits per heavy atom. The van der Waals surface area contributed by atoms with Gasteiger partial charge in [-0.2, -0.15) is 0 Å². The molecule has 0 saturated carbocycles. The SMILES string of the molecule is CNC(=O)CCN(C)c1ccc(CN)c(Br)c1F. The zero-order valence-corrected chi connectivity index (χ0v) is 12.1. The van der Waals surface area contributed by atoms with Crippen molar-refractivity contribution >= 4 is 27.5 Å². The molecule has 1 amide bonds. The Balaban J connectivity index is 2.83. The van der Waals surface area contributed by atoms with E-state index in [1.807, 2.05) is 0 Å². The Morgan fingerprint density at radius 1 is 1.56 bits per heavy atom. The average Bonchev–Trinajstić information content (AvgIpc) is 2.38. The van der Waals surface area contributed by atoms with Crippen LogP contribution in [0.15, 0.2) is 16.6 Å². The number of carbonyl (C=O) groups is 1. The van der Waals surface area contributed by atoms with Crippen LogP contribution < -0.4 is 16.0 Å².